The van der Waals surface area contributed by atoms with E-state index in [2.05, 4.69) is 27.7 Å². The lowest BCUT2D eigenvalue weighted by Gasteiger charge is -2.23. The molecule has 3 aliphatic rings. The molecule has 1 aliphatic carbocycles. The lowest BCUT2D eigenvalue weighted by molar-refractivity contribution is -0.137. The largest absolute Gasteiger partial charge is 0.481 e. The van der Waals surface area contributed by atoms with Crippen molar-refractivity contribution >= 4 is 11.8 Å². The summed E-state index contributed by atoms with van der Waals surface area (Å²) in [5, 5.41) is 16.4. The molecular formula is C25H32N4O2. The number of hydrogen-bond acceptors (Lipinski definition) is 5. The molecule has 2 fully saturated rings. The Kier molecular flexibility index (Phi) is 5.92. The van der Waals surface area contributed by atoms with E-state index in [9.17, 15) is 9.90 Å². The van der Waals surface area contributed by atoms with Crippen LogP contribution < -0.4 is 10.6 Å². The molecule has 2 aromatic rings. The number of carboxylic acids is 1. The molecule has 0 bridgehead atoms. The number of nitrogens with one attached hydrogen (secondary N) is 2. The highest BCUT2D eigenvalue weighted by Crippen LogP contribution is 2.46. The Balaban J connectivity index is 1.08. The molecular weight excluding hydrogens is 388 g/mol. The highest BCUT2D eigenvalue weighted by molar-refractivity contribution is 5.68. The van der Waals surface area contributed by atoms with Crippen molar-refractivity contribution < 1.29 is 9.90 Å². The van der Waals surface area contributed by atoms with E-state index in [4.69, 9.17) is 4.98 Å². The highest BCUT2D eigenvalue weighted by Gasteiger charge is 2.55. The number of fused-ring (bicyclic) bond motifs is 2. The molecule has 0 amide bonds. The number of likely N-dealkylation sites (tertiary alicyclic amines) is 1. The average molecular weight is 421 g/mol. The van der Waals surface area contributed by atoms with Gasteiger partial charge in [-0.25, -0.2) is 4.98 Å². The minimum absolute atomic E-state index is 0.105. The molecule has 164 valence electrons. The van der Waals surface area contributed by atoms with Gasteiger partial charge in [0.15, 0.2) is 0 Å². The molecule has 1 aromatic heterocycles. The van der Waals surface area contributed by atoms with Crippen LogP contribution in [-0.2, 0) is 17.6 Å². The Morgan fingerprint density at radius 2 is 2.00 bits per heavy atom. The molecule has 1 saturated heterocycles. The molecule has 6 nitrogen and oxygen atoms in total. The van der Waals surface area contributed by atoms with E-state index in [1.54, 1.807) is 0 Å². The van der Waals surface area contributed by atoms with Crippen molar-refractivity contribution in [2.75, 3.05) is 31.5 Å². The number of aromatic nitrogens is 1. The summed E-state index contributed by atoms with van der Waals surface area (Å²) in [5.41, 5.74) is 3.61. The van der Waals surface area contributed by atoms with Gasteiger partial charge in [-0.2, -0.15) is 0 Å². The molecule has 31 heavy (non-hydrogen) atoms. The maximum Gasteiger partial charge on any atom is 0.305 e. The van der Waals surface area contributed by atoms with Crippen LogP contribution in [0.1, 0.15) is 42.1 Å². The van der Waals surface area contributed by atoms with Crippen molar-refractivity contribution in [2.24, 2.45) is 11.8 Å². The number of hydrogen-bond donors (Lipinski definition) is 3. The first-order chi connectivity index (χ1) is 15.2. The third-order valence-corrected chi connectivity index (χ3v) is 7.10. The van der Waals surface area contributed by atoms with Crippen molar-refractivity contribution in [1.82, 2.24) is 15.2 Å². The van der Waals surface area contributed by atoms with Crippen LogP contribution >= 0.6 is 0 Å². The van der Waals surface area contributed by atoms with Crippen LogP contribution in [0.4, 0.5) is 5.82 Å². The van der Waals surface area contributed by atoms with E-state index >= 15 is 0 Å². The number of anilines is 1. The average Bonchev–Trinajstić information content (AvgIpc) is 3.22. The summed E-state index contributed by atoms with van der Waals surface area (Å²) < 4.78 is 0. The molecule has 3 heterocycles. The van der Waals surface area contributed by atoms with Crippen molar-refractivity contribution in [3.05, 3.63) is 59.3 Å². The SMILES string of the molecule is O=C(O)C[C@H](NC1[C@H]2CN(CCCc3ccc4c(n3)NCCC4)C[C@@H]12)c1ccccc1. The Bertz CT molecular complexity index is 907. The second-order valence-electron chi connectivity index (χ2n) is 9.29. The van der Waals surface area contributed by atoms with Crippen molar-refractivity contribution in [3.63, 3.8) is 0 Å². The third kappa shape index (κ3) is 4.75. The Hall–Kier alpha value is -2.44. The van der Waals surface area contributed by atoms with Crippen molar-refractivity contribution in [1.29, 1.82) is 0 Å². The second kappa shape index (κ2) is 8.97. The molecule has 1 aromatic carbocycles. The Morgan fingerprint density at radius 3 is 2.77 bits per heavy atom. The van der Waals surface area contributed by atoms with Crippen LogP contribution in [0.2, 0.25) is 0 Å². The van der Waals surface area contributed by atoms with E-state index in [1.165, 1.54) is 17.7 Å². The minimum Gasteiger partial charge on any atom is -0.481 e. The van der Waals surface area contributed by atoms with Gasteiger partial charge in [0.2, 0.25) is 0 Å². The van der Waals surface area contributed by atoms with Gasteiger partial charge in [0, 0.05) is 37.4 Å². The highest BCUT2D eigenvalue weighted by atomic mass is 16.4. The monoisotopic (exact) mass is 420 g/mol. The van der Waals surface area contributed by atoms with Gasteiger partial charge in [-0.05, 0) is 61.3 Å². The first-order valence-electron chi connectivity index (χ1n) is 11.6. The van der Waals surface area contributed by atoms with Gasteiger partial charge in [0.05, 0.1) is 6.42 Å². The van der Waals surface area contributed by atoms with Gasteiger partial charge in [0.25, 0.3) is 0 Å². The number of nitrogens with zero attached hydrogens (tertiary/aromatic N) is 2. The molecule has 5 rings (SSSR count). The standard InChI is InChI=1S/C25H32N4O2/c30-23(31)14-22(17-6-2-1-3-7-17)28-24-20-15-29(16-21(20)24)13-5-9-19-11-10-18-8-4-12-26-25(18)27-19/h1-3,6-7,10-11,20-22,24,28H,4-5,8-9,12-16H2,(H,26,27)(H,30,31)/t20-,21+,22-,24?/m0/s1. The summed E-state index contributed by atoms with van der Waals surface area (Å²) in [5.74, 6) is 1.66. The summed E-state index contributed by atoms with van der Waals surface area (Å²) in [6.45, 7) is 4.39. The van der Waals surface area contributed by atoms with E-state index < -0.39 is 5.97 Å². The van der Waals surface area contributed by atoms with Gasteiger partial charge in [-0.1, -0.05) is 36.4 Å². The van der Waals surface area contributed by atoms with Gasteiger partial charge in [-0.15, -0.1) is 0 Å². The number of benzene rings is 1. The molecule has 3 N–H and O–H groups in total. The fourth-order valence-electron chi connectivity index (χ4n) is 5.40. The third-order valence-electron chi connectivity index (χ3n) is 7.10. The van der Waals surface area contributed by atoms with Crippen LogP contribution in [0, 0.1) is 11.8 Å². The Morgan fingerprint density at radius 1 is 1.19 bits per heavy atom. The van der Waals surface area contributed by atoms with Crippen molar-refractivity contribution in [2.45, 2.75) is 44.2 Å². The van der Waals surface area contributed by atoms with Gasteiger partial charge >= 0.3 is 5.97 Å². The molecule has 0 radical (unpaired) electrons. The number of aryl methyl sites for hydroxylation is 2. The second-order valence-corrected chi connectivity index (χ2v) is 9.29. The Labute approximate surface area is 184 Å². The summed E-state index contributed by atoms with van der Waals surface area (Å²) in [6, 6.07) is 14.8. The number of aliphatic carboxylic acids is 1. The lowest BCUT2D eigenvalue weighted by atomic mass is 10.0. The topological polar surface area (TPSA) is 77.5 Å². The zero-order valence-corrected chi connectivity index (χ0v) is 18.0. The maximum atomic E-state index is 11.3. The predicted octanol–water partition coefficient (Wildman–Crippen LogP) is 3.11. The molecule has 1 saturated carbocycles. The fraction of sp³-hybridized carbons (Fsp3) is 0.520. The molecule has 2 aliphatic heterocycles. The smallest absolute Gasteiger partial charge is 0.305 e. The van der Waals surface area contributed by atoms with Crippen LogP contribution in [0.3, 0.4) is 0 Å². The van der Waals surface area contributed by atoms with Gasteiger partial charge in [0.1, 0.15) is 5.82 Å². The molecule has 6 heteroatoms. The van der Waals surface area contributed by atoms with Crippen LogP contribution in [0.25, 0.3) is 0 Å². The first-order valence-corrected chi connectivity index (χ1v) is 11.6. The number of pyridine rings is 1. The summed E-state index contributed by atoms with van der Waals surface area (Å²) in [7, 11) is 0. The van der Waals surface area contributed by atoms with Gasteiger partial charge < -0.3 is 20.6 Å². The molecule has 4 atom stereocenters. The van der Waals surface area contributed by atoms with E-state index in [-0.39, 0.29) is 12.5 Å². The number of carboxylic acid groups (broad SMARTS) is 1. The lowest BCUT2D eigenvalue weighted by Crippen LogP contribution is -2.34. The van der Waals surface area contributed by atoms with Crippen LogP contribution in [-0.4, -0.2) is 53.2 Å². The van der Waals surface area contributed by atoms with E-state index in [0.29, 0.717) is 17.9 Å². The summed E-state index contributed by atoms with van der Waals surface area (Å²) >= 11 is 0. The fourth-order valence-corrected chi connectivity index (χ4v) is 5.40. The van der Waals surface area contributed by atoms with Crippen LogP contribution in [0.15, 0.2) is 42.5 Å². The quantitative estimate of drug-likeness (QED) is 0.579. The van der Waals surface area contributed by atoms with Gasteiger partial charge in [-0.3, -0.25) is 4.79 Å². The molecule has 0 spiro atoms. The number of carbonyl (C=O) groups is 1. The normalized spacial score (nSPS) is 25.4. The zero-order valence-electron chi connectivity index (χ0n) is 18.0. The molecule has 1 unspecified atom stereocenters. The summed E-state index contributed by atoms with van der Waals surface area (Å²) in [4.78, 5) is 18.7. The maximum absolute atomic E-state index is 11.3. The van der Waals surface area contributed by atoms with E-state index in [0.717, 1.165) is 56.8 Å². The van der Waals surface area contributed by atoms with Crippen LogP contribution in [0.5, 0.6) is 0 Å². The zero-order chi connectivity index (χ0) is 21.2. The summed E-state index contributed by atoms with van der Waals surface area (Å²) in [6.07, 6.45) is 4.63. The predicted molar refractivity (Wildman–Crippen MR) is 121 cm³/mol. The number of rotatable bonds is 9. The number of piperidine rings is 1. The minimum atomic E-state index is -0.750. The van der Waals surface area contributed by atoms with E-state index in [1.807, 2.05) is 30.3 Å². The van der Waals surface area contributed by atoms with Crippen molar-refractivity contribution in [3.8, 4) is 0 Å². The first kappa shape index (κ1) is 20.5.